The van der Waals surface area contributed by atoms with E-state index in [2.05, 4.69) is 52.8 Å². The van der Waals surface area contributed by atoms with Gasteiger partial charge < -0.3 is 5.32 Å². The summed E-state index contributed by atoms with van der Waals surface area (Å²) in [6.45, 7) is 0. The highest BCUT2D eigenvalue weighted by molar-refractivity contribution is 6.12. The summed E-state index contributed by atoms with van der Waals surface area (Å²) in [6.07, 6.45) is 4.42. The van der Waals surface area contributed by atoms with E-state index in [0.717, 1.165) is 5.82 Å². The molecule has 1 aliphatic rings. The minimum Gasteiger partial charge on any atom is -0.367 e. The molecule has 2 heteroatoms. The van der Waals surface area contributed by atoms with Crippen LogP contribution in [0.2, 0.25) is 0 Å². The first-order valence-electron chi connectivity index (χ1n) is 6.45. The Hall–Kier alpha value is -2.09. The van der Waals surface area contributed by atoms with Gasteiger partial charge in [-0.3, -0.25) is 0 Å². The largest absolute Gasteiger partial charge is 0.367 e. The molecule has 1 fully saturated rings. The molecule has 1 N–H and O–H groups in total. The fourth-order valence-corrected chi connectivity index (χ4v) is 2.48. The molecule has 0 saturated heterocycles. The summed E-state index contributed by atoms with van der Waals surface area (Å²) >= 11 is 0. The SMILES string of the molecule is c1ccc2c(c1)ccc1ccnc(NC3CC3)c12. The van der Waals surface area contributed by atoms with Crippen LogP contribution in [0.1, 0.15) is 12.8 Å². The molecule has 88 valence electrons. The summed E-state index contributed by atoms with van der Waals surface area (Å²) in [5.41, 5.74) is 0. The highest BCUT2D eigenvalue weighted by atomic mass is 15.0. The number of benzene rings is 2. The third-order valence-electron chi connectivity index (χ3n) is 3.57. The van der Waals surface area contributed by atoms with Crippen molar-refractivity contribution in [1.82, 2.24) is 4.98 Å². The Kier molecular flexibility index (Phi) is 2.04. The number of rotatable bonds is 2. The molecule has 4 rings (SSSR count). The van der Waals surface area contributed by atoms with Crippen LogP contribution in [-0.2, 0) is 0 Å². The second-order valence-corrected chi connectivity index (χ2v) is 4.96. The third kappa shape index (κ3) is 1.53. The quantitative estimate of drug-likeness (QED) is 0.679. The molecule has 18 heavy (non-hydrogen) atoms. The van der Waals surface area contributed by atoms with Gasteiger partial charge in [-0.25, -0.2) is 4.98 Å². The molecule has 0 atom stereocenters. The van der Waals surface area contributed by atoms with Crippen LogP contribution < -0.4 is 5.32 Å². The van der Waals surface area contributed by atoms with E-state index >= 15 is 0 Å². The summed E-state index contributed by atoms with van der Waals surface area (Å²) in [6, 6.07) is 15.6. The van der Waals surface area contributed by atoms with Crippen molar-refractivity contribution >= 4 is 27.4 Å². The van der Waals surface area contributed by atoms with Gasteiger partial charge in [-0.05, 0) is 35.1 Å². The molecule has 0 spiro atoms. The maximum Gasteiger partial charge on any atom is 0.134 e. The van der Waals surface area contributed by atoms with Crippen molar-refractivity contribution in [3.8, 4) is 0 Å². The summed E-state index contributed by atoms with van der Waals surface area (Å²) < 4.78 is 0. The fraction of sp³-hybridized carbons (Fsp3) is 0.188. The maximum atomic E-state index is 4.53. The second kappa shape index (κ2) is 3.70. The maximum absolute atomic E-state index is 4.53. The van der Waals surface area contributed by atoms with E-state index in [4.69, 9.17) is 0 Å². The number of hydrogen-bond donors (Lipinski definition) is 1. The zero-order valence-corrected chi connectivity index (χ0v) is 10.1. The van der Waals surface area contributed by atoms with Crippen molar-refractivity contribution in [2.75, 3.05) is 5.32 Å². The van der Waals surface area contributed by atoms with E-state index in [1.54, 1.807) is 0 Å². The Bertz CT molecular complexity index is 729. The number of nitrogens with one attached hydrogen (secondary N) is 1. The van der Waals surface area contributed by atoms with Crippen LogP contribution in [0.3, 0.4) is 0 Å². The van der Waals surface area contributed by atoms with Crippen molar-refractivity contribution in [2.45, 2.75) is 18.9 Å². The Balaban J connectivity index is 2.07. The Morgan fingerprint density at radius 2 is 1.78 bits per heavy atom. The second-order valence-electron chi connectivity index (χ2n) is 4.96. The van der Waals surface area contributed by atoms with Gasteiger partial charge in [-0.2, -0.15) is 0 Å². The van der Waals surface area contributed by atoms with Crippen molar-refractivity contribution in [2.24, 2.45) is 0 Å². The molecule has 0 amide bonds. The van der Waals surface area contributed by atoms with Crippen LogP contribution in [0.15, 0.2) is 48.7 Å². The summed E-state index contributed by atoms with van der Waals surface area (Å²) in [5, 5.41) is 8.61. The normalized spacial score (nSPS) is 15.1. The molecule has 1 aliphatic carbocycles. The lowest BCUT2D eigenvalue weighted by molar-refractivity contribution is 1.12. The minimum atomic E-state index is 0.627. The number of anilines is 1. The lowest BCUT2D eigenvalue weighted by atomic mass is 10.0. The molecule has 0 bridgehead atoms. The topological polar surface area (TPSA) is 24.9 Å². The van der Waals surface area contributed by atoms with Gasteiger partial charge in [0.1, 0.15) is 5.82 Å². The van der Waals surface area contributed by atoms with Crippen molar-refractivity contribution < 1.29 is 0 Å². The molecule has 0 radical (unpaired) electrons. The van der Waals surface area contributed by atoms with Crippen LogP contribution >= 0.6 is 0 Å². The molecule has 1 heterocycles. The Labute approximate surface area is 106 Å². The van der Waals surface area contributed by atoms with E-state index in [-0.39, 0.29) is 0 Å². The van der Waals surface area contributed by atoms with Crippen LogP contribution in [0.5, 0.6) is 0 Å². The Morgan fingerprint density at radius 3 is 2.67 bits per heavy atom. The smallest absolute Gasteiger partial charge is 0.134 e. The van der Waals surface area contributed by atoms with Gasteiger partial charge >= 0.3 is 0 Å². The van der Waals surface area contributed by atoms with E-state index in [9.17, 15) is 0 Å². The standard InChI is InChI=1S/C16H14N2/c1-2-4-14-11(3-1)5-6-12-9-10-17-16(15(12)14)18-13-7-8-13/h1-6,9-10,13H,7-8H2,(H,17,18). The minimum absolute atomic E-state index is 0.627. The van der Waals surface area contributed by atoms with Crippen molar-refractivity contribution in [3.05, 3.63) is 48.7 Å². The third-order valence-corrected chi connectivity index (χ3v) is 3.57. The van der Waals surface area contributed by atoms with Gasteiger partial charge in [0.15, 0.2) is 0 Å². The molecule has 2 aromatic carbocycles. The monoisotopic (exact) mass is 234 g/mol. The van der Waals surface area contributed by atoms with E-state index in [0.29, 0.717) is 6.04 Å². The lowest BCUT2D eigenvalue weighted by Gasteiger charge is -2.10. The number of hydrogen-bond acceptors (Lipinski definition) is 2. The van der Waals surface area contributed by atoms with Gasteiger partial charge in [0.05, 0.1) is 0 Å². The van der Waals surface area contributed by atoms with Crippen LogP contribution in [0, 0.1) is 0 Å². The first kappa shape index (κ1) is 9.89. The highest BCUT2D eigenvalue weighted by Gasteiger charge is 2.22. The van der Waals surface area contributed by atoms with Crippen molar-refractivity contribution in [1.29, 1.82) is 0 Å². The Morgan fingerprint density at radius 1 is 0.944 bits per heavy atom. The molecule has 0 aliphatic heterocycles. The molecular weight excluding hydrogens is 220 g/mol. The average molecular weight is 234 g/mol. The van der Waals surface area contributed by atoms with Gasteiger partial charge in [0.25, 0.3) is 0 Å². The fourth-order valence-electron chi connectivity index (χ4n) is 2.48. The first-order valence-corrected chi connectivity index (χ1v) is 6.45. The summed E-state index contributed by atoms with van der Waals surface area (Å²) in [4.78, 5) is 4.53. The molecule has 3 aromatic rings. The van der Waals surface area contributed by atoms with E-state index in [1.165, 1.54) is 34.4 Å². The molecule has 0 unspecified atom stereocenters. The van der Waals surface area contributed by atoms with Gasteiger partial charge in [-0.15, -0.1) is 0 Å². The molecule has 1 aromatic heterocycles. The van der Waals surface area contributed by atoms with Crippen LogP contribution in [0.4, 0.5) is 5.82 Å². The van der Waals surface area contributed by atoms with Gasteiger partial charge in [0, 0.05) is 17.6 Å². The number of pyridine rings is 1. The zero-order valence-electron chi connectivity index (χ0n) is 10.1. The predicted octanol–water partition coefficient (Wildman–Crippen LogP) is 3.96. The van der Waals surface area contributed by atoms with E-state index in [1.807, 2.05) is 6.20 Å². The summed E-state index contributed by atoms with van der Waals surface area (Å²) in [5.74, 6) is 1.03. The average Bonchev–Trinajstić information content (AvgIpc) is 3.22. The van der Waals surface area contributed by atoms with E-state index < -0.39 is 0 Å². The number of nitrogens with zero attached hydrogens (tertiary/aromatic N) is 1. The van der Waals surface area contributed by atoms with Gasteiger partial charge in [-0.1, -0.05) is 36.4 Å². The van der Waals surface area contributed by atoms with Crippen LogP contribution in [0.25, 0.3) is 21.5 Å². The predicted molar refractivity (Wildman–Crippen MR) is 75.9 cm³/mol. The summed E-state index contributed by atoms with van der Waals surface area (Å²) in [7, 11) is 0. The van der Waals surface area contributed by atoms with Crippen molar-refractivity contribution in [3.63, 3.8) is 0 Å². The lowest BCUT2D eigenvalue weighted by Crippen LogP contribution is -2.03. The molecule has 1 saturated carbocycles. The zero-order chi connectivity index (χ0) is 11.9. The first-order chi connectivity index (χ1) is 8.92. The highest BCUT2D eigenvalue weighted by Crippen LogP contribution is 2.32. The van der Waals surface area contributed by atoms with Crippen LogP contribution in [-0.4, -0.2) is 11.0 Å². The van der Waals surface area contributed by atoms with Gasteiger partial charge in [0.2, 0.25) is 0 Å². The molecular formula is C16H14N2. The molecule has 2 nitrogen and oxygen atoms in total. The number of fused-ring (bicyclic) bond motifs is 3. The number of aromatic nitrogens is 1.